The fourth-order valence-electron chi connectivity index (χ4n) is 3.48. The summed E-state index contributed by atoms with van der Waals surface area (Å²) in [6.45, 7) is 0. The summed E-state index contributed by atoms with van der Waals surface area (Å²) in [6, 6.07) is 21.8. The fraction of sp³-hybridized carbons (Fsp3) is 0.0435. The minimum absolute atomic E-state index is 0.279. The van der Waals surface area contributed by atoms with Gasteiger partial charge in [-0.3, -0.25) is 0 Å². The van der Waals surface area contributed by atoms with Gasteiger partial charge in [0.25, 0.3) is 0 Å². The summed E-state index contributed by atoms with van der Waals surface area (Å²) in [4.78, 5) is 12.1. The molecule has 0 aliphatic rings. The Morgan fingerprint density at radius 3 is 2.40 bits per heavy atom. The molecule has 0 amide bonds. The summed E-state index contributed by atoms with van der Waals surface area (Å²) in [6.07, 6.45) is -2.95. The highest BCUT2D eigenvalue weighted by atomic mass is 19.4. The number of aromatic nitrogens is 3. The number of hydrogen-bond donors (Lipinski definition) is 1. The number of benzene rings is 3. The minimum Gasteiger partial charge on any atom is -0.406 e. The molecular formula is C23H14F3N3O. The molecule has 0 aliphatic heterocycles. The molecule has 0 unspecified atom stereocenters. The first kappa shape index (κ1) is 18.2. The Morgan fingerprint density at radius 2 is 1.60 bits per heavy atom. The fourth-order valence-corrected chi connectivity index (χ4v) is 3.48. The van der Waals surface area contributed by atoms with Crippen molar-refractivity contribution in [2.75, 3.05) is 0 Å². The van der Waals surface area contributed by atoms with Gasteiger partial charge < -0.3 is 9.72 Å². The van der Waals surface area contributed by atoms with Crippen LogP contribution < -0.4 is 4.74 Å². The van der Waals surface area contributed by atoms with E-state index in [0.717, 1.165) is 27.4 Å². The van der Waals surface area contributed by atoms with Crippen molar-refractivity contribution in [3.05, 3.63) is 79.0 Å². The number of nitrogens with zero attached hydrogens (tertiary/aromatic N) is 2. The lowest BCUT2D eigenvalue weighted by atomic mass is 9.99. The molecule has 30 heavy (non-hydrogen) atoms. The van der Waals surface area contributed by atoms with Gasteiger partial charge in [0, 0.05) is 17.3 Å². The number of fused-ring (bicyclic) bond motifs is 2. The highest BCUT2D eigenvalue weighted by molar-refractivity contribution is 5.97. The zero-order chi connectivity index (χ0) is 20.7. The predicted molar refractivity (Wildman–Crippen MR) is 109 cm³/mol. The second-order valence-corrected chi connectivity index (χ2v) is 6.78. The Balaban J connectivity index is 1.51. The van der Waals surface area contributed by atoms with Crippen LogP contribution in [0.4, 0.5) is 13.2 Å². The van der Waals surface area contributed by atoms with Gasteiger partial charge in [0.2, 0.25) is 0 Å². The van der Waals surface area contributed by atoms with Crippen LogP contribution >= 0.6 is 0 Å². The molecule has 0 radical (unpaired) electrons. The van der Waals surface area contributed by atoms with Crippen LogP contribution in [-0.4, -0.2) is 21.3 Å². The summed E-state index contributed by atoms with van der Waals surface area (Å²) in [5.41, 5.74) is 3.92. The van der Waals surface area contributed by atoms with Crippen LogP contribution in [0.15, 0.2) is 79.0 Å². The third-order valence-corrected chi connectivity index (χ3v) is 4.80. The molecule has 5 aromatic rings. The Kier molecular flexibility index (Phi) is 4.17. The molecule has 3 aromatic carbocycles. The summed E-state index contributed by atoms with van der Waals surface area (Å²) >= 11 is 0. The zero-order valence-corrected chi connectivity index (χ0v) is 15.4. The molecular weight excluding hydrogens is 391 g/mol. The van der Waals surface area contributed by atoms with Crippen LogP contribution in [0.5, 0.6) is 5.75 Å². The Morgan fingerprint density at radius 1 is 0.833 bits per heavy atom. The summed E-state index contributed by atoms with van der Waals surface area (Å²) in [7, 11) is 0. The van der Waals surface area contributed by atoms with E-state index >= 15 is 0 Å². The van der Waals surface area contributed by atoms with Gasteiger partial charge in [0.1, 0.15) is 11.6 Å². The normalized spacial score (nSPS) is 11.8. The monoisotopic (exact) mass is 405 g/mol. The molecule has 0 fully saturated rings. The number of rotatable bonds is 3. The van der Waals surface area contributed by atoms with Crippen molar-refractivity contribution in [1.29, 1.82) is 0 Å². The van der Waals surface area contributed by atoms with E-state index < -0.39 is 6.36 Å². The second-order valence-electron chi connectivity index (χ2n) is 6.78. The molecule has 0 bridgehead atoms. The van der Waals surface area contributed by atoms with Gasteiger partial charge in [-0.2, -0.15) is 0 Å². The van der Waals surface area contributed by atoms with Crippen molar-refractivity contribution >= 4 is 21.9 Å². The number of aromatic amines is 1. The van der Waals surface area contributed by atoms with E-state index in [1.165, 1.54) is 24.3 Å². The van der Waals surface area contributed by atoms with Crippen molar-refractivity contribution in [3.63, 3.8) is 0 Å². The van der Waals surface area contributed by atoms with Crippen LogP contribution in [0.25, 0.3) is 44.5 Å². The van der Waals surface area contributed by atoms with Crippen LogP contribution in [0.3, 0.4) is 0 Å². The Bertz CT molecular complexity index is 1350. The van der Waals surface area contributed by atoms with E-state index in [-0.39, 0.29) is 5.75 Å². The van der Waals surface area contributed by atoms with E-state index in [9.17, 15) is 13.2 Å². The SMILES string of the molecule is FC(F)(F)Oc1ccc(-c2nc3ncc(-c4cccc5ccccc45)cc3[nH]2)cc1. The molecule has 1 N–H and O–H groups in total. The predicted octanol–water partition coefficient (Wildman–Crippen LogP) is 6.34. The van der Waals surface area contributed by atoms with Gasteiger partial charge in [-0.05, 0) is 46.7 Å². The lowest BCUT2D eigenvalue weighted by Gasteiger charge is -2.08. The Labute approximate surface area is 169 Å². The maximum absolute atomic E-state index is 12.3. The van der Waals surface area contributed by atoms with Gasteiger partial charge in [0.15, 0.2) is 5.65 Å². The molecule has 7 heteroatoms. The number of halogens is 3. The van der Waals surface area contributed by atoms with Crippen molar-refractivity contribution in [1.82, 2.24) is 15.0 Å². The van der Waals surface area contributed by atoms with Gasteiger partial charge in [-0.1, -0.05) is 42.5 Å². The van der Waals surface area contributed by atoms with E-state index in [2.05, 4.69) is 37.9 Å². The first-order valence-corrected chi connectivity index (χ1v) is 9.16. The maximum atomic E-state index is 12.3. The number of H-pyrrole nitrogens is 1. The van der Waals surface area contributed by atoms with Crippen LogP contribution in [-0.2, 0) is 0 Å². The van der Waals surface area contributed by atoms with Crippen LogP contribution in [0.2, 0.25) is 0 Å². The van der Waals surface area contributed by atoms with E-state index in [4.69, 9.17) is 0 Å². The van der Waals surface area contributed by atoms with Crippen molar-refractivity contribution in [2.24, 2.45) is 0 Å². The lowest BCUT2D eigenvalue weighted by molar-refractivity contribution is -0.274. The van der Waals surface area contributed by atoms with Gasteiger partial charge in [0.05, 0.1) is 5.52 Å². The number of alkyl halides is 3. The molecule has 5 rings (SSSR count). The number of ether oxygens (including phenoxy) is 1. The van der Waals surface area contributed by atoms with Gasteiger partial charge in [-0.15, -0.1) is 13.2 Å². The topological polar surface area (TPSA) is 50.8 Å². The smallest absolute Gasteiger partial charge is 0.406 e. The summed E-state index contributed by atoms with van der Waals surface area (Å²) < 4.78 is 40.9. The maximum Gasteiger partial charge on any atom is 0.573 e. The molecule has 0 aliphatic carbocycles. The van der Waals surface area contributed by atoms with E-state index in [0.29, 0.717) is 17.0 Å². The molecule has 0 spiro atoms. The number of nitrogens with one attached hydrogen (secondary N) is 1. The van der Waals surface area contributed by atoms with Gasteiger partial charge >= 0.3 is 6.36 Å². The zero-order valence-electron chi connectivity index (χ0n) is 15.4. The highest BCUT2D eigenvalue weighted by Crippen LogP contribution is 2.31. The molecule has 2 aromatic heterocycles. The van der Waals surface area contributed by atoms with Crippen LogP contribution in [0, 0.1) is 0 Å². The molecule has 0 saturated heterocycles. The standard InChI is InChI=1S/C23H14F3N3O/c24-23(25,26)30-17-10-8-15(9-11-17)21-28-20-12-16(13-27-22(20)29-21)19-7-3-5-14-4-1-2-6-18(14)19/h1-13H,(H,27,28,29). The largest absolute Gasteiger partial charge is 0.573 e. The van der Waals surface area contributed by atoms with Gasteiger partial charge in [-0.25, -0.2) is 9.97 Å². The first-order chi connectivity index (χ1) is 14.5. The molecule has 2 heterocycles. The summed E-state index contributed by atoms with van der Waals surface area (Å²) in [5, 5.41) is 2.27. The number of pyridine rings is 1. The number of imidazole rings is 1. The average molecular weight is 405 g/mol. The molecule has 0 atom stereocenters. The van der Waals surface area contributed by atoms with E-state index in [1.807, 2.05) is 30.3 Å². The number of hydrogen-bond acceptors (Lipinski definition) is 3. The molecule has 148 valence electrons. The first-order valence-electron chi connectivity index (χ1n) is 9.16. The minimum atomic E-state index is -4.72. The van der Waals surface area contributed by atoms with Crippen molar-refractivity contribution in [3.8, 4) is 28.3 Å². The van der Waals surface area contributed by atoms with Crippen molar-refractivity contribution in [2.45, 2.75) is 6.36 Å². The molecule has 4 nitrogen and oxygen atoms in total. The quantitative estimate of drug-likeness (QED) is 0.381. The van der Waals surface area contributed by atoms with E-state index in [1.54, 1.807) is 6.20 Å². The van der Waals surface area contributed by atoms with Crippen molar-refractivity contribution < 1.29 is 17.9 Å². The Hall–Kier alpha value is -3.87. The third kappa shape index (κ3) is 3.45. The summed E-state index contributed by atoms with van der Waals surface area (Å²) in [5.74, 6) is 0.241. The lowest BCUT2D eigenvalue weighted by Crippen LogP contribution is -2.16. The molecule has 0 saturated carbocycles. The second kappa shape index (κ2) is 6.88. The van der Waals surface area contributed by atoms with Crippen LogP contribution in [0.1, 0.15) is 0 Å². The third-order valence-electron chi connectivity index (χ3n) is 4.80. The highest BCUT2D eigenvalue weighted by Gasteiger charge is 2.31. The average Bonchev–Trinajstić information content (AvgIpc) is 3.16.